The van der Waals surface area contributed by atoms with E-state index in [4.69, 9.17) is 0 Å². The van der Waals surface area contributed by atoms with E-state index >= 15 is 0 Å². The summed E-state index contributed by atoms with van der Waals surface area (Å²) in [4.78, 5) is 12.2. The van der Waals surface area contributed by atoms with Crippen molar-refractivity contribution in [1.82, 2.24) is 5.32 Å². The first kappa shape index (κ1) is 12.5. The zero-order valence-corrected chi connectivity index (χ0v) is 11.0. The van der Waals surface area contributed by atoms with Crippen LogP contribution in [0.4, 0.5) is 5.69 Å². The van der Waals surface area contributed by atoms with Crippen LogP contribution in [0.1, 0.15) is 41.6 Å². The molecule has 1 saturated carbocycles. The molecule has 4 nitrogen and oxygen atoms in total. The van der Waals surface area contributed by atoms with Gasteiger partial charge >= 0.3 is 0 Å². The summed E-state index contributed by atoms with van der Waals surface area (Å²) >= 11 is 0. The molecule has 19 heavy (non-hydrogen) atoms. The van der Waals surface area contributed by atoms with Gasteiger partial charge in [-0.25, -0.2) is 0 Å². The summed E-state index contributed by atoms with van der Waals surface area (Å²) in [6, 6.07) is 6.07. The fourth-order valence-corrected chi connectivity index (χ4v) is 2.93. The lowest BCUT2D eigenvalue weighted by Crippen LogP contribution is -2.38. The Bertz CT molecular complexity index is 479. The van der Waals surface area contributed by atoms with Crippen molar-refractivity contribution in [2.75, 3.05) is 11.9 Å². The number of carbonyl (C=O) groups is 1. The molecule has 0 unspecified atom stereocenters. The molecule has 0 atom stereocenters. The zero-order chi connectivity index (χ0) is 13.2. The maximum absolute atomic E-state index is 12.2. The van der Waals surface area contributed by atoms with Crippen LogP contribution in [0.15, 0.2) is 18.2 Å². The van der Waals surface area contributed by atoms with Gasteiger partial charge in [-0.1, -0.05) is 0 Å². The van der Waals surface area contributed by atoms with E-state index in [0.29, 0.717) is 0 Å². The van der Waals surface area contributed by atoms with Gasteiger partial charge in [0.1, 0.15) is 0 Å². The van der Waals surface area contributed by atoms with Crippen molar-refractivity contribution in [2.45, 2.75) is 44.2 Å². The van der Waals surface area contributed by atoms with Crippen LogP contribution in [0.2, 0.25) is 0 Å². The largest absolute Gasteiger partial charge is 0.393 e. The van der Waals surface area contributed by atoms with Crippen molar-refractivity contribution in [1.29, 1.82) is 0 Å². The molecule has 4 heteroatoms. The number of aliphatic hydroxyl groups excluding tert-OH is 1. The van der Waals surface area contributed by atoms with Crippen molar-refractivity contribution in [3.05, 3.63) is 29.3 Å². The smallest absolute Gasteiger partial charge is 0.251 e. The molecule has 1 aromatic rings. The zero-order valence-electron chi connectivity index (χ0n) is 11.0. The number of anilines is 1. The molecule has 0 radical (unpaired) electrons. The van der Waals surface area contributed by atoms with Crippen molar-refractivity contribution in [3.8, 4) is 0 Å². The molecule has 3 rings (SSSR count). The van der Waals surface area contributed by atoms with Gasteiger partial charge in [0.05, 0.1) is 6.10 Å². The van der Waals surface area contributed by atoms with E-state index in [1.807, 2.05) is 18.2 Å². The minimum absolute atomic E-state index is 0.0103. The Kier molecular flexibility index (Phi) is 3.42. The Morgan fingerprint density at radius 3 is 2.84 bits per heavy atom. The fourth-order valence-electron chi connectivity index (χ4n) is 2.93. The summed E-state index contributed by atoms with van der Waals surface area (Å²) in [5.41, 5.74) is 3.12. The summed E-state index contributed by atoms with van der Waals surface area (Å²) in [5, 5.41) is 15.8. The third kappa shape index (κ3) is 2.73. The van der Waals surface area contributed by atoms with Crippen molar-refractivity contribution < 1.29 is 9.90 Å². The second-order valence-corrected chi connectivity index (χ2v) is 5.53. The Labute approximate surface area is 113 Å². The second kappa shape index (κ2) is 5.21. The van der Waals surface area contributed by atoms with Gasteiger partial charge in [-0.05, 0) is 55.9 Å². The van der Waals surface area contributed by atoms with Crippen LogP contribution in [-0.4, -0.2) is 29.7 Å². The maximum atomic E-state index is 12.2. The number of hydrogen-bond acceptors (Lipinski definition) is 3. The van der Waals surface area contributed by atoms with E-state index in [-0.39, 0.29) is 18.1 Å². The second-order valence-electron chi connectivity index (χ2n) is 5.53. The molecular weight excluding hydrogens is 240 g/mol. The summed E-state index contributed by atoms with van der Waals surface area (Å²) in [6.45, 7) is 0.959. The molecule has 0 bridgehead atoms. The standard InChI is InChI=1S/C15H20N2O2/c18-13-4-2-12(3-5-13)17-15(19)11-1-6-14-10(9-11)7-8-16-14/h1,6,9,12-13,16,18H,2-5,7-8H2,(H,17,19). The monoisotopic (exact) mass is 260 g/mol. The third-order valence-corrected chi connectivity index (χ3v) is 4.11. The highest BCUT2D eigenvalue weighted by atomic mass is 16.3. The first-order valence-corrected chi connectivity index (χ1v) is 7.08. The van der Waals surface area contributed by atoms with Gasteiger partial charge < -0.3 is 15.7 Å². The number of amides is 1. The van der Waals surface area contributed by atoms with Gasteiger partial charge in [-0.3, -0.25) is 4.79 Å². The Morgan fingerprint density at radius 1 is 1.26 bits per heavy atom. The molecule has 1 amide bonds. The molecule has 1 aliphatic carbocycles. The van der Waals surface area contributed by atoms with Gasteiger partial charge in [0.15, 0.2) is 0 Å². The molecule has 3 N–H and O–H groups in total. The summed E-state index contributed by atoms with van der Waals surface area (Å²) in [6.07, 6.45) is 4.14. The molecule has 0 saturated heterocycles. The number of fused-ring (bicyclic) bond motifs is 1. The van der Waals surface area contributed by atoms with E-state index in [1.165, 1.54) is 5.56 Å². The lowest BCUT2D eigenvalue weighted by molar-refractivity contribution is 0.0867. The average Bonchev–Trinajstić information content (AvgIpc) is 2.88. The average molecular weight is 260 g/mol. The third-order valence-electron chi connectivity index (χ3n) is 4.11. The quantitative estimate of drug-likeness (QED) is 0.758. The topological polar surface area (TPSA) is 61.4 Å². The van der Waals surface area contributed by atoms with Crippen LogP contribution >= 0.6 is 0 Å². The predicted octanol–water partition coefficient (Wildman–Crippen LogP) is 1.69. The van der Waals surface area contributed by atoms with E-state index in [1.54, 1.807) is 0 Å². The molecule has 102 valence electrons. The van der Waals surface area contributed by atoms with E-state index in [2.05, 4.69) is 10.6 Å². The van der Waals surface area contributed by atoms with Crippen LogP contribution in [0.25, 0.3) is 0 Å². The first-order valence-electron chi connectivity index (χ1n) is 7.08. The van der Waals surface area contributed by atoms with Crippen LogP contribution in [0, 0.1) is 0 Å². The number of aliphatic hydroxyl groups is 1. The molecule has 0 spiro atoms. The molecular formula is C15H20N2O2. The maximum Gasteiger partial charge on any atom is 0.251 e. The number of carbonyl (C=O) groups excluding carboxylic acids is 1. The lowest BCUT2D eigenvalue weighted by atomic mass is 9.93. The van der Waals surface area contributed by atoms with Gasteiger partial charge in [0.25, 0.3) is 5.91 Å². The van der Waals surface area contributed by atoms with E-state index in [9.17, 15) is 9.90 Å². The van der Waals surface area contributed by atoms with E-state index < -0.39 is 0 Å². The Balaban J connectivity index is 1.64. The summed E-state index contributed by atoms with van der Waals surface area (Å²) in [5.74, 6) is 0.0103. The van der Waals surface area contributed by atoms with Gasteiger partial charge in [-0.15, -0.1) is 0 Å². The molecule has 1 heterocycles. The minimum atomic E-state index is -0.181. The van der Waals surface area contributed by atoms with Crippen LogP contribution in [-0.2, 0) is 6.42 Å². The first-order chi connectivity index (χ1) is 9.22. The van der Waals surface area contributed by atoms with Gasteiger partial charge in [0.2, 0.25) is 0 Å². The highest BCUT2D eigenvalue weighted by Gasteiger charge is 2.21. The van der Waals surface area contributed by atoms with Crippen LogP contribution in [0.5, 0.6) is 0 Å². The van der Waals surface area contributed by atoms with Gasteiger partial charge in [0, 0.05) is 23.8 Å². The van der Waals surface area contributed by atoms with Crippen LogP contribution in [0.3, 0.4) is 0 Å². The fraction of sp³-hybridized carbons (Fsp3) is 0.533. The molecule has 0 aromatic heterocycles. The lowest BCUT2D eigenvalue weighted by Gasteiger charge is -2.26. The van der Waals surface area contributed by atoms with Crippen molar-refractivity contribution in [3.63, 3.8) is 0 Å². The highest BCUT2D eigenvalue weighted by molar-refractivity contribution is 5.95. The van der Waals surface area contributed by atoms with Crippen LogP contribution < -0.4 is 10.6 Å². The number of benzene rings is 1. The summed E-state index contributed by atoms with van der Waals surface area (Å²) in [7, 11) is 0. The van der Waals surface area contributed by atoms with E-state index in [0.717, 1.165) is 49.9 Å². The minimum Gasteiger partial charge on any atom is -0.393 e. The number of nitrogens with one attached hydrogen (secondary N) is 2. The Hall–Kier alpha value is -1.55. The number of hydrogen-bond donors (Lipinski definition) is 3. The SMILES string of the molecule is O=C(NC1CCC(O)CC1)c1ccc2c(c1)CCN2. The van der Waals surface area contributed by atoms with Crippen molar-refractivity contribution in [2.24, 2.45) is 0 Å². The predicted molar refractivity (Wildman–Crippen MR) is 74.4 cm³/mol. The normalized spacial score (nSPS) is 25.5. The molecule has 2 aliphatic rings. The molecule has 1 aromatic carbocycles. The highest BCUT2D eigenvalue weighted by Crippen LogP contribution is 2.23. The Morgan fingerprint density at radius 2 is 2.05 bits per heavy atom. The molecule has 1 aliphatic heterocycles. The van der Waals surface area contributed by atoms with Gasteiger partial charge in [-0.2, -0.15) is 0 Å². The summed E-state index contributed by atoms with van der Waals surface area (Å²) < 4.78 is 0. The molecule has 1 fully saturated rings. The van der Waals surface area contributed by atoms with Crippen molar-refractivity contribution >= 4 is 11.6 Å². The number of rotatable bonds is 2.